The molecule has 0 radical (unpaired) electrons. The van der Waals surface area contributed by atoms with Gasteiger partial charge in [-0.2, -0.15) is 0 Å². The number of nitro groups is 1. The summed E-state index contributed by atoms with van der Waals surface area (Å²) in [6, 6.07) is 8.47. The van der Waals surface area contributed by atoms with E-state index in [1.165, 1.54) is 10.9 Å². The number of benzene rings is 1. The van der Waals surface area contributed by atoms with Crippen LogP contribution >= 0.6 is 22.9 Å². The number of nitrogens with two attached hydrogens (primary N) is 1. The maximum absolute atomic E-state index is 10.6. The van der Waals surface area contributed by atoms with Crippen molar-refractivity contribution in [2.45, 2.75) is 6.42 Å². The quantitative estimate of drug-likeness (QED) is 0.502. The molecule has 0 unspecified atom stereocenters. The molecule has 100 valence electrons. The molecular formula is C12H12ClN3O2S. The van der Waals surface area contributed by atoms with Gasteiger partial charge in [-0.05, 0) is 30.7 Å². The third-order valence-electron chi connectivity index (χ3n) is 2.55. The van der Waals surface area contributed by atoms with Crippen molar-refractivity contribution in [2.75, 3.05) is 17.6 Å². The highest BCUT2D eigenvalue weighted by Crippen LogP contribution is 2.25. The minimum Gasteiger partial charge on any atom is -0.393 e. The van der Waals surface area contributed by atoms with E-state index in [4.69, 9.17) is 17.3 Å². The van der Waals surface area contributed by atoms with Gasteiger partial charge in [0.2, 0.25) is 0 Å². The molecule has 0 aliphatic rings. The van der Waals surface area contributed by atoms with E-state index in [1.807, 2.05) is 12.1 Å². The second-order valence-electron chi connectivity index (χ2n) is 3.91. The molecule has 1 aromatic heterocycles. The van der Waals surface area contributed by atoms with E-state index in [9.17, 15) is 10.1 Å². The maximum Gasteiger partial charge on any atom is 0.292 e. The van der Waals surface area contributed by atoms with Gasteiger partial charge in [0.25, 0.3) is 5.69 Å². The summed E-state index contributed by atoms with van der Waals surface area (Å²) in [6.45, 7) is 0.716. The molecule has 2 rings (SSSR count). The fourth-order valence-electron chi connectivity index (χ4n) is 1.65. The molecule has 2 aromatic rings. The Morgan fingerprint density at radius 3 is 2.74 bits per heavy atom. The van der Waals surface area contributed by atoms with Crippen LogP contribution in [0.4, 0.5) is 17.1 Å². The van der Waals surface area contributed by atoms with Crippen molar-refractivity contribution in [1.29, 1.82) is 0 Å². The second-order valence-corrected chi connectivity index (χ2v) is 5.71. The van der Waals surface area contributed by atoms with Gasteiger partial charge in [0.05, 0.1) is 9.26 Å². The lowest BCUT2D eigenvalue weighted by Crippen LogP contribution is -2.05. The lowest BCUT2D eigenvalue weighted by atomic mass is 10.2. The van der Waals surface area contributed by atoms with Gasteiger partial charge in [-0.1, -0.05) is 11.6 Å². The molecule has 0 aliphatic heterocycles. The summed E-state index contributed by atoms with van der Waals surface area (Å²) in [5.74, 6) is 0. The monoisotopic (exact) mass is 297 g/mol. The van der Waals surface area contributed by atoms with Crippen molar-refractivity contribution < 1.29 is 4.92 Å². The van der Waals surface area contributed by atoms with Crippen LogP contribution in [0.3, 0.4) is 0 Å². The Morgan fingerprint density at radius 1 is 1.37 bits per heavy atom. The van der Waals surface area contributed by atoms with E-state index in [0.717, 1.165) is 16.4 Å². The molecule has 19 heavy (non-hydrogen) atoms. The van der Waals surface area contributed by atoms with Crippen LogP contribution in [0, 0.1) is 10.1 Å². The molecule has 3 N–H and O–H groups in total. The number of hydrogen-bond acceptors (Lipinski definition) is 5. The zero-order chi connectivity index (χ0) is 13.8. The zero-order valence-electron chi connectivity index (χ0n) is 9.93. The van der Waals surface area contributed by atoms with Gasteiger partial charge in [-0.15, -0.1) is 11.3 Å². The van der Waals surface area contributed by atoms with Crippen molar-refractivity contribution >= 4 is 40.0 Å². The average molecular weight is 298 g/mol. The summed E-state index contributed by atoms with van der Waals surface area (Å²) in [6.07, 6.45) is 0.842. The molecule has 1 heterocycles. The van der Waals surface area contributed by atoms with E-state index < -0.39 is 4.92 Å². The molecule has 1 aromatic carbocycles. The van der Waals surface area contributed by atoms with Gasteiger partial charge in [0, 0.05) is 23.2 Å². The highest BCUT2D eigenvalue weighted by Gasteiger charge is 2.10. The van der Waals surface area contributed by atoms with Crippen LogP contribution in [-0.2, 0) is 6.42 Å². The Morgan fingerprint density at radius 2 is 2.16 bits per heavy atom. The van der Waals surface area contributed by atoms with Crippen LogP contribution in [0.25, 0.3) is 0 Å². The number of halogens is 1. The Labute approximate surface area is 119 Å². The van der Waals surface area contributed by atoms with E-state index in [2.05, 4.69) is 5.32 Å². The summed E-state index contributed by atoms with van der Waals surface area (Å²) >= 11 is 7.39. The summed E-state index contributed by atoms with van der Waals surface area (Å²) in [5, 5.41) is 13.8. The van der Waals surface area contributed by atoms with E-state index in [0.29, 0.717) is 6.54 Å². The normalized spacial score (nSPS) is 10.4. The summed E-state index contributed by atoms with van der Waals surface area (Å²) in [4.78, 5) is 11.3. The summed E-state index contributed by atoms with van der Waals surface area (Å²) in [5.41, 5.74) is 6.47. The number of nitro benzene ring substituents is 1. The third-order valence-corrected chi connectivity index (χ3v) is 3.84. The van der Waals surface area contributed by atoms with Crippen LogP contribution in [-0.4, -0.2) is 11.5 Å². The zero-order valence-corrected chi connectivity index (χ0v) is 11.5. The fraction of sp³-hybridized carbons (Fsp3) is 0.167. The first-order valence-corrected chi connectivity index (χ1v) is 6.77. The molecule has 0 saturated heterocycles. The highest BCUT2D eigenvalue weighted by molar-refractivity contribution is 7.16. The SMILES string of the molecule is Nc1cc(NCCc2ccc(Cl)s2)ccc1[N+](=O)[O-]. The number of hydrogen-bond donors (Lipinski definition) is 2. The van der Waals surface area contributed by atoms with Crippen LogP contribution in [0.1, 0.15) is 4.88 Å². The highest BCUT2D eigenvalue weighted by atomic mass is 35.5. The smallest absolute Gasteiger partial charge is 0.292 e. The maximum atomic E-state index is 10.6. The second kappa shape index (κ2) is 5.90. The Balaban J connectivity index is 1.93. The molecule has 0 fully saturated rings. The van der Waals surface area contributed by atoms with E-state index in [-0.39, 0.29) is 11.4 Å². The van der Waals surface area contributed by atoms with Crippen molar-refractivity contribution in [1.82, 2.24) is 0 Å². The summed E-state index contributed by atoms with van der Waals surface area (Å²) < 4.78 is 0.773. The van der Waals surface area contributed by atoms with Crippen LogP contribution < -0.4 is 11.1 Å². The van der Waals surface area contributed by atoms with Crippen molar-refractivity contribution in [3.8, 4) is 0 Å². The Bertz CT molecular complexity index is 600. The lowest BCUT2D eigenvalue weighted by molar-refractivity contribution is -0.383. The minimum absolute atomic E-state index is 0.0735. The first-order chi connectivity index (χ1) is 9.06. The first kappa shape index (κ1) is 13.6. The number of nitrogens with one attached hydrogen (secondary N) is 1. The predicted molar refractivity (Wildman–Crippen MR) is 79.0 cm³/mol. The number of thiophene rings is 1. The van der Waals surface area contributed by atoms with Gasteiger partial charge in [-0.3, -0.25) is 10.1 Å². The fourth-order valence-corrected chi connectivity index (χ4v) is 2.73. The Kier molecular flexibility index (Phi) is 4.24. The van der Waals surface area contributed by atoms with Crippen LogP contribution in [0.5, 0.6) is 0 Å². The number of anilines is 2. The average Bonchev–Trinajstić information content (AvgIpc) is 2.75. The van der Waals surface area contributed by atoms with Crippen LogP contribution in [0.2, 0.25) is 4.34 Å². The minimum atomic E-state index is -0.493. The predicted octanol–water partition coefficient (Wildman–Crippen LogP) is 3.55. The molecular weight excluding hydrogens is 286 g/mol. The van der Waals surface area contributed by atoms with Gasteiger partial charge in [0.1, 0.15) is 5.69 Å². The standard InChI is InChI=1S/C12H12ClN3O2S/c13-12-4-2-9(19-12)5-6-15-8-1-3-11(16(17)18)10(14)7-8/h1-4,7,15H,5-6,14H2. The van der Waals surface area contributed by atoms with E-state index in [1.54, 1.807) is 23.5 Å². The molecule has 0 spiro atoms. The molecule has 0 amide bonds. The third kappa shape index (κ3) is 3.59. The molecule has 0 atom stereocenters. The largest absolute Gasteiger partial charge is 0.393 e. The topological polar surface area (TPSA) is 81.2 Å². The lowest BCUT2D eigenvalue weighted by Gasteiger charge is -2.06. The molecule has 0 saturated carbocycles. The molecule has 0 aliphatic carbocycles. The van der Waals surface area contributed by atoms with Gasteiger partial charge < -0.3 is 11.1 Å². The number of nitrogen functional groups attached to an aromatic ring is 1. The first-order valence-electron chi connectivity index (χ1n) is 5.58. The number of rotatable bonds is 5. The molecule has 5 nitrogen and oxygen atoms in total. The van der Waals surface area contributed by atoms with Crippen molar-refractivity contribution in [3.63, 3.8) is 0 Å². The Hall–Kier alpha value is -1.79. The van der Waals surface area contributed by atoms with E-state index >= 15 is 0 Å². The number of nitrogens with zero attached hydrogens (tertiary/aromatic N) is 1. The van der Waals surface area contributed by atoms with Crippen molar-refractivity contribution in [3.05, 3.63) is 49.7 Å². The van der Waals surface area contributed by atoms with Crippen molar-refractivity contribution in [2.24, 2.45) is 0 Å². The van der Waals surface area contributed by atoms with Gasteiger partial charge in [-0.25, -0.2) is 0 Å². The summed E-state index contributed by atoms with van der Waals surface area (Å²) in [7, 11) is 0. The van der Waals surface area contributed by atoms with Gasteiger partial charge >= 0.3 is 0 Å². The molecule has 0 bridgehead atoms. The van der Waals surface area contributed by atoms with Gasteiger partial charge in [0.15, 0.2) is 0 Å². The molecule has 7 heteroatoms. The van der Waals surface area contributed by atoms with Crippen LogP contribution in [0.15, 0.2) is 30.3 Å².